The molecular weight excluding hydrogens is 292 g/mol. The molecule has 0 unspecified atom stereocenters. The van der Waals surface area contributed by atoms with Gasteiger partial charge in [0.15, 0.2) is 11.5 Å². The Morgan fingerprint density at radius 3 is 2.76 bits per heavy atom. The van der Waals surface area contributed by atoms with Crippen molar-refractivity contribution in [2.45, 2.75) is 32.6 Å². The summed E-state index contributed by atoms with van der Waals surface area (Å²) < 4.78 is 28.3. The van der Waals surface area contributed by atoms with Gasteiger partial charge in [-0.05, 0) is 30.2 Å². The fraction of sp³-hybridized carbons (Fsp3) is 0.500. The summed E-state index contributed by atoms with van der Waals surface area (Å²) in [7, 11) is -1.95. The van der Waals surface area contributed by atoms with Crippen molar-refractivity contribution in [2.24, 2.45) is 5.10 Å². The zero-order valence-corrected chi connectivity index (χ0v) is 13.2. The van der Waals surface area contributed by atoms with Gasteiger partial charge < -0.3 is 9.84 Å². The van der Waals surface area contributed by atoms with Crippen LogP contribution in [0.25, 0.3) is 0 Å². The van der Waals surface area contributed by atoms with Crippen molar-refractivity contribution in [3.63, 3.8) is 0 Å². The van der Waals surface area contributed by atoms with E-state index >= 15 is 0 Å². The lowest BCUT2D eigenvalue weighted by atomic mass is 10.2. The molecule has 0 bridgehead atoms. The minimum Gasteiger partial charge on any atom is -0.504 e. The average Bonchev–Trinajstić information content (AvgIpc) is 2.45. The van der Waals surface area contributed by atoms with Gasteiger partial charge in [0.1, 0.15) is 0 Å². The molecule has 0 aliphatic heterocycles. The van der Waals surface area contributed by atoms with Gasteiger partial charge in [0, 0.05) is 0 Å². The van der Waals surface area contributed by atoms with E-state index in [-0.39, 0.29) is 11.5 Å². The topological polar surface area (TPSA) is 88.0 Å². The molecule has 0 radical (unpaired) electrons. The zero-order chi connectivity index (χ0) is 15.7. The van der Waals surface area contributed by atoms with Crippen molar-refractivity contribution in [3.05, 3.63) is 23.8 Å². The van der Waals surface area contributed by atoms with Crippen LogP contribution in [0.4, 0.5) is 0 Å². The van der Waals surface area contributed by atoms with Crippen LogP contribution in [0.5, 0.6) is 11.5 Å². The molecule has 0 aliphatic rings. The first-order chi connectivity index (χ1) is 9.98. The number of benzene rings is 1. The minimum absolute atomic E-state index is 0.0196. The molecule has 0 fully saturated rings. The first-order valence-corrected chi connectivity index (χ1v) is 8.53. The van der Waals surface area contributed by atoms with Crippen LogP contribution in [0.2, 0.25) is 0 Å². The molecule has 0 amide bonds. The predicted molar refractivity (Wildman–Crippen MR) is 83.3 cm³/mol. The lowest BCUT2D eigenvalue weighted by Crippen LogP contribution is -2.21. The minimum atomic E-state index is -3.38. The van der Waals surface area contributed by atoms with Crippen molar-refractivity contribution >= 4 is 16.2 Å². The number of phenols is 1. The number of sulfonamides is 1. The van der Waals surface area contributed by atoms with E-state index in [1.165, 1.54) is 19.4 Å². The number of hydrogen-bond acceptors (Lipinski definition) is 5. The molecule has 0 saturated heterocycles. The van der Waals surface area contributed by atoms with Gasteiger partial charge in [0.05, 0.1) is 19.1 Å². The Labute approximate surface area is 125 Å². The van der Waals surface area contributed by atoms with Crippen molar-refractivity contribution in [3.8, 4) is 11.5 Å². The molecule has 0 aromatic heterocycles. The monoisotopic (exact) mass is 314 g/mol. The summed E-state index contributed by atoms with van der Waals surface area (Å²) in [5.74, 6) is 0.399. The lowest BCUT2D eigenvalue weighted by Gasteiger charge is -2.04. The molecule has 1 rings (SSSR count). The van der Waals surface area contributed by atoms with Crippen molar-refractivity contribution in [1.82, 2.24) is 4.83 Å². The molecule has 1 aromatic carbocycles. The standard InChI is InChI=1S/C14H22N2O4S/c1-3-4-5-6-9-21(18,19)16-15-11-12-7-8-13(17)14(10-12)20-2/h7-8,10-11,16-17H,3-6,9H2,1-2H3/b15-11+. The molecule has 0 atom stereocenters. The van der Waals surface area contributed by atoms with Gasteiger partial charge in [-0.25, -0.2) is 13.2 Å². The molecule has 6 nitrogen and oxygen atoms in total. The Morgan fingerprint density at radius 2 is 2.10 bits per heavy atom. The number of ether oxygens (including phenoxy) is 1. The van der Waals surface area contributed by atoms with Crippen LogP contribution in [0, 0.1) is 0 Å². The summed E-state index contributed by atoms with van der Waals surface area (Å²) in [6.45, 7) is 2.07. The molecule has 2 N–H and O–H groups in total. The van der Waals surface area contributed by atoms with E-state index in [1.54, 1.807) is 12.1 Å². The van der Waals surface area contributed by atoms with Gasteiger partial charge in [0.2, 0.25) is 10.0 Å². The first-order valence-electron chi connectivity index (χ1n) is 6.88. The largest absolute Gasteiger partial charge is 0.504 e. The quantitative estimate of drug-likeness (QED) is 0.415. The van der Waals surface area contributed by atoms with Crippen LogP contribution in [-0.2, 0) is 10.0 Å². The number of hydrogen-bond donors (Lipinski definition) is 2. The van der Waals surface area contributed by atoms with Crippen molar-refractivity contribution < 1.29 is 18.3 Å². The Hall–Kier alpha value is -1.76. The number of rotatable bonds is 9. The molecule has 118 valence electrons. The van der Waals surface area contributed by atoms with Crippen LogP contribution in [-0.4, -0.2) is 32.6 Å². The zero-order valence-electron chi connectivity index (χ0n) is 12.4. The third-order valence-electron chi connectivity index (χ3n) is 2.88. The molecule has 0 heterocycles. The first kappa shape index (κ1) is 17.3. The number of unbranched alkanes of at least 4 members (excludes halogenated alkanes) is 3. The maximum absolute atomic E-state index is 11.7. The van der Waals surface area contributed by atoms with Crippen molar-refractivity contribution in [1.29, 1.82) is 0 Å². The smallest absolute Gasteiger partial charge is 0.247 e. The van der Waals surface area contributed by atoms with E-state index in [0.717, 1.165) is 19.3 Å². The Balaban J connectivity index is 2.53. The molecule has 0 saturated carbocycles. The highest BCUT2D eigenvalue weighted by Gasteiger charge is 2.07. The van der Waals surface area contributed by atoms with Crippen molar-refractivity contribution in [2.75, 3.05) is 12.9 Å². The number of aromatic hydroxyl groups is 1. The van der Waals surface area contributed by atoms with Gasteiger partial charge in [-0.1, -0.05) is 26.2 Å². The summed E-state index contributed by atoms with van der Waals surface area (Å²) >= 11 is 0. The highest BCUT2D eigenvalue weighted by atomic mass is 32.2. The fourth-order valence-corrected chi connectivity index (χ4v) is 2.61. The van der Waals surface area contributed by atoms with Gasteiger partial charge in [0.25, 0.3) is 0 Å². The van der Waals surface area contributed by atoms with E-state index in [4.69, 9.17) is 4.74 Å². The van der Waals surface area contributed by atoms with E-state index in [2.05, 4.69) is 16.9 Å². The van der Waals surface area contributed by atoms with Crippen LogP contribution >= 0.6 is 0 Å². The summed E-state index contributed by atoms with van der Waals surface area (Å²) in [5, 5.41) is 13.2. The molecule has 21 heavy (non-hydrogen) atoms. The van der Waals surface area contributed by atoms with E-state index in [9.17, 15) is 13.5 Å². The van der Waals surface area contributed by atoms with E-state index < -0.39 is 10.0 Å². The van der Waals surface area contributed by atoms with Crippen LogP contribution < -0.4 is 9.57 Å². The number of nitrogens with zero attached hydrogens (tertiary/aromatic N) is 1. The normalized spacial score (nSPS) is 11.7. The molecular formula is C14H22N2O4S. The van der Waals surface area contributed by atoms with Gasteiger partial charge in [-0.15, -0.1) is 0 Å². The third kappa shape index (κ3) is 6.48. The number of hydrazone groups is 1. The second-order valence-electron chi connectivity index (χ2n) is 4.66. The van der Waals surface area contributed by atoms with Gasteiger partial charge >= 0.3 is 0 Å². The summed E-state index contributed by atoms with van der Waals surface area (Å²) in [6, 6.07) is 4.63. The maximum atomic E-state index is 11.7. The van der Waals surface area contributed by atoms with Crippen LogP contribution in [0.15, 0.2) is 23.3 Å². The number of methoxy groups -OCH3 is 1. The third-order valence-corrected chi connectivity index (χ3v) is 4.09. The van der Waals surface area contributed by atoms with Gasteiger partial charge in [-0.2, -0.15) is 5.10 Å². The van der Waals surface area contributed by atoms with Gasteiger partial charge in [-0.3, -0.25) is 0 Å². The summed E-state index contributed by atoms with van der Waals surface area (Å²) in [4.78, 5) is 2.17. The fourth-order valence-electron chi connectivity index (χ4n) is 1.72. The number of nitrogens with one attached hydrogen (secondary N) is 1. The SMILES string of the molecule is CCCCCCS(=O)(=O)N/N=C/c1ccc(O)c(OC)c1. The molecule has 0 aliphatic carbocycles. The Bertz CT molecular complexity index is 570. The van der Waals surface area contributed by atoms with Crippen LogP contribution in [0.1, 0.15) is 38.2 Å². The molecule has 7 heteroatoms. The van der Waals surface area contributed by atoms with E-state index in [0.29, 0.717) is 17.7 Å². The lowest BCUT2D eigenvalue weighted by molar-refractivity contribution is 0.373. The Kier molecular flexibility index (Phi) is 7.01. The highest BCUT2D eigenvalue weighted by Crippen LogP contribution is 2.25. The second-order valence-corrected chi connectivity index (χ2v) is 6.48. The summed E-state index contributed by atoms with van der Waals surface area (Å²) in [6.07, 6.45) is 4.99. The molecule has 1 aromatic rings. The second kappa shape index (κ2) is 8.51. The number of phenolic OH excluding ortho intramolecular Hbond substituents is 1. The van der Waals surface area contributed by atoms with Crippen LogP contribution in [0.3, 0.4) is 0 Å². The predicted octanol–water partition coefficient (Wildman–Crippen LogP) is 2.23. The average molecular weight is 314 g/mol. The highest BCUT2D eigenvalue weighted by molar-refractivity contribution is 7.89. The van der Waals surface area contributed by atoms with E-state index in [1.807, 2.05) is 0 Å². The summed E-state index contributed by atoms with van der Waals surface area (Å²) in [5.41, 5.74) is 0.623. The molecule has 0 spiro atoms. The Morgan fingerprint density at radius 1 is 1.33 bits per heavy atom. The maximum Gasteiger partial charge on any atom is 0.247 e.